The van der Waals surface area contributed by atoms with Crippen molar-refractivity contribution in [3.8, 4) is 22.3 Å². The first-order chi connectivity index (χ1) is 24.8. The molecule has 0 nitrogen and oxygen atoms in total. The molecule has 4 aliphatic rings. The Hall–Kier alpha value is -2.19. The zero-order valence-electron chi connectivity index (χ0n) is 35.7. The zero-order chi connectivity index (χ0) is 37.9. The van der Waals surface area contributed by atoms with Crippen molar-refractivity contribution >= 4 is 37.0 Å². The maximum Gasteiger partial charge on any atom is -0.147 e. The monoisotopic (exact) mass is 940 g/mol. The molecule has 0 amide bonds. The van der Waals surface area contributed by atoms with Gasteiger partial charge >= 0.3 is 329 Å². The van der Waals surface area contributed by atoms with E-state index in [4.69, 9.17) is 0 Å². The van der Waals surface area contributed by atoms with Gasteiger partial charge in [0.2, 0.25) is 0 Å². The Morgan fingerprint density at radius 3 is 1.09 bits per heavy atom. The van der Waals surface area contributed by atoms with Gasteiger partial charge in [-0.1, -0.05) is 0 Å². The molecule has 1 saturated heterocycles. The summed E-state index contributed by atoms with van der Waals surface area (Å²) in [6.07, 6.45) is 11.2. The van der Waals surface area contributed by atoms with Gasteiger partial charge in [0.1, 0.15) is 0 Å². The average molecular weight is 940 g/mol. The van der Waals surface area contributed by atoms with Crippen molar-refractivity contribution in [1.29, 1.82) is 0 Å². The van der Waals surface area contributed by atoms with Crippen LogP contribution in [-0.2, 0) is 30.8 Å². The van der Waals surface area contributed by atoms with E-state index in [0.717, 1.165) is 7.35 Å². The fraction of sp³-hybridized carbons (Fsp3) is 0.462. The summed E-state index contributed by atoms with van der Waals surface area (Å²) in [6.45, 7) is 29.0. The Bertz CT molecular complexity index is 1970. The van der Waals surface area contributed by atoms with Crippen molar-refractivity contribution in [3.05, 3.63) is 129 Å². The number of halogens is 2. The van der Waals surface area contributed by atoms with Gasteiger partial charge in [0.05, 0.1) is 0 Å². The molecule has 0 N–H and O–H groups in total. The Labute approximate surface area is 351 Å². The molecule has 3 heteroatoms. The predicted molar refractivity (Wildman–Crippen MR) is 242 cm³/mol. The first-order valence-corrected chi connectivity index (χ1v) is 29.0. The fourth-order valence-electron chi connectivity index (χ4n) is 11.2. The molecule has 0 bridgehead atoms. The van der Waals surface area contributed by atoms with E-state index in [1.807, 2.05) is 0 Å². The summed E-state index contributed by atoms with van der Waals surface area (Å²) in [7, 11) is 0. The summed E-state index contributed by atoms with van der Waals surface area (Å²) < 4.78 is 3.17. The van der Waals surface area contributed by atoms with E-state index in [-0.39, 0.29) is 46.5 Å². The van der Waals surface area contributed by atoms with Crippen molar-refractivity contribution in [3.63, 3.8) is 0 Å². The van der Waals surface area contributed by atoms with Crippen LogP contribution in [0.1, 0.15) is 149 Å². The molecule has 8 rings (SSSR count). The normalized spacial score (nSPS) is 24.4. The third-order valence-electron chi connectivity index (χ3n) is 13.9. The smallest absolute Gasteiger partial charge is 0.147 e. The van der Waals surface area contributed by atoms with Crippen molar-refractivity contribution in [2.45, 2.75) is 134 Å². The van der Waals surface area contributed by atoms with E-state index in [9.17, 15) is 0 Å². The first-order valence-electron chi connectivity index (χ1n) is 20.7. The molecule has 0 aromatic heterocycles. The van der Waals surface area contributed by atoms with Crippen LogP contribution in [0.25, 0.3) is 34.4 Å². The molecule has 4 aromatic carbocycles. The minimum absolute atomic E-state index is 0. The molecule has 292 valence electrons. The molecule has 55 heavy (non-hydrogen) atoms. The van der Waals surface area contributed by atoms with E-state index < -0.39 is 20.0 Å². The SMILES string of the molecule is CC(C)(C)C1=Cc2c(-c3ccc(C(C)(C)C)cc3)cccc2[CH]1[Hf]1([CH]2C(C(C)(C)C)=Cc3c(-c4ccc(C(C)(C)C)cc4)cccc32)[CH]2CCCC[CH]21.Cl.Cl. The van der Waals surface area contributed by atoms with Crippen molar-refractivity contribution in [2.75, 3.05) is 0 Å². The Morgan fingerprint density at radius 2 is 0.782 bits per heavy atom. The van der Waals surface area contributed by atoms with E-state index in [2.05, 4.69) is 180 Å². The van der Waals surface area contributed by atoms with Crippen LogP contribution in [0, 0.1) is 10.8 Å². The van der Waals surface area contributed by atoms with Gasteiger partial charge in [-0.2, -0.15) is 0 Å². The van der Waals surface area contributed by atoms with Gasteiger partial charge in [-0.05, 0) is 0 Å². The molecule has 1 saturated carbocycles. The molecule has 4 aromatic rings. The Balaban J connectivity index is 0.00000257. The summed E-state index contributed by atoms with van der Waals surface area (Å²) in [6, 6.07) is 33.9. The summed E-state index contributed by atoms with van der Waals surface area (Å²) in [4.78, 5) is 0. The fourth-order valence-corrected chi connectivity index (χ4v) is 48.0. The van der Waals surface area contributed by atoms with Crippen LogP contribution in [-0.4, -0.2) is 0 Å². The van der Waals surface area contributed by atoms with Crippen LogP contribution >= 0.6 is 24.8 Å². The third-order valence-corrected chi connectivity index (χ3v) is 38.4. The minimum atomic E-state index is -3.43. The number of fused-ring (bicyclic) bond motifs is 3. The number of hydrogen-bond donors (Lipinski definition) is 0. The Kier molecular flexibility index (Phi) is 11.2. The maximum atomic E-state index is 2.72. The molecule has 0 radical (unpaired) electrons. The van der Waals surface area contributed by atoms with Gasteiger partial charge < -0.3 is 0 Å². The van der Waals surface area contributed by atoms with Gasteiger partial charge in [-0.15, -0.1) is 24.8 Å². The van der Waals surface area contributed by atoms with Gasteiger partial charge in [0, 0.05) is 0 Å². The number of allylic oxidation sites excluding steroid dienone is 2. The van der Waals surface area contributed by atoms with Crippen LogP contribution in [0.15, 0.2) is 96.1 Å². The summed E-state index contributed by atoms with van der Waals surface area (Å²) in [5.74, 6) is 0. The van der Waals surface area contributed by atoms with Crippen LogP contribution < -0.4 is 0 Å². The summed E-state index contributed by atoms with van der Waals surface area (Å²) in [5, 5.41) is 0. The zero-order valence-corrected chi connectivity index (χ0v) is 40.9. The molecule has 2 fully saturated rings. The van der Waals surface area contributed by atoms with Crippen molar-refractivity contribution < 1.29 is 20.0 Å². The maximum absolute atomic E-state index is 3.43. The second-order valence-electron chi connectivity index (χ2n) is 21.3. The molecule has 1 aliphatic heterocycles. The molecule has 4 unspecified atom stereocenters. The molecule has 3 aliphatic carbocycles. The van der Waals surface area contributed by atoms with E-state index >= 15 is 0 Å². The van der Waals surface area contributed by atoms with Crippen molar-refractivity contribution in [2.24, 2.45) is 10.8 Å². The van der Waals surface area contributed by atoms with Crippen LogP contribution in [0.3, 0.4) is 0 Å². The quantitative estimate of drug-likeness (QED) is 0.179. The Morgan fingerprint density at radius 1 is 0.436 bits per heavy atom. The second-order valence-corrected chi connectivity index (χ2v) is 38.0. The van der Waals surface area contributed by atoms with Gasteiger partial charge in [0.15, 0.2) is 0 Å². The van der Waals surface area contributed by atoms with E-state index in [1.54, 1.807) is 22.3 Å². The third kappa shape index (κ3) is 7.07. The van der Waals surface area contributed by atoms with Crippen LogP contribution in [0.2, 0.25) is 7.35 Å². The first kappa shape index (κ1) is 42.4. The number of rotatable bonds is 4. The number of benzene rings is 4. The average Bonchev–Trinajstić information content (AvgIpc) is 3.35. The van der Waals surface area contributed by atoms with E-state index in [0.29, 0.717) is 7.35 Å². The minimum Gasteiger partial charge on any atom is -0.147 e. The molecular formula is C52H66Cl2Hf. The largest absolute Gasteiger partial charge is 0.147 e. The summed E-state index contributed by atoms with van der Waals surface area (Å²) in [5.41, 5.74) is 18.8. The molecule has 4 atom stereocenters. The molecule has 1 heterocycles. The predicted octanol–water partition coefficient (Wildman–Crippen LogP) is 16.4. The molecular weight excluding hydrogens is 874 g/mol. The van der Waals surface area contributed by atoms with Gasteiger partial charge in [0.25, 0.3) is 0 Å². The molecule has 0 spiro atoms. The summed E-state index contributed by atoms with van der Waals surface area (Å²) >= 11 is -3.43. The van der Waals surface area contributed by atoms with Crippen LogP contribution in [0.4, 0.5) is 0 Å². The van der Waals surface area contributed by atoms with Crippen LogP contribution in [0.5, 0.6) is 0 Å². The number of hydrogen-bond acceptors (Lipinski definition) is 0. The van der Waals surface area contributed by atoms with E-state index in [1.165, 1.54) is 70.2 Å². The topological polar surface area (TPSA) is 0 Å². The van der Waals surface area contributed by atoms with Crippen molar-refractivity contribution in [1.82, 2.24) is 0 Å². The van der Waals surface area contributed by atoms with Gasteiger partial charge in [-0.25, -0.2) is 0 Å². The standard InChI is InChI=1S/2C23H27.C6H10.2ClH.Hf/c2*1-22(2,3)18-12-10-16(11-13-18)20-9-7-8-17-14-19(15-21(17)20)23(4,5)6;1-2-4-6-5-3-1;;;/h2*7-15H,1-6H3;1-2H,3-6H2;2*1H;. The second kappa shape index (κ2) is 14.6. The van der Waals surface area contributed by atoms with Gasteiger partial charge in [-0.3, -0.25) is 0 Å².